The molecule has 32 heavy (non-hydrogen) atoms. The van der Waals surface area contributed by atoms with Crippen LogP contribution in [-0.2, 0) is 6.42 Å². The van der Waals surface area contributed by atoms with Crippen molar-refractivity contribution in [3.8, 4) is 11.1 Å². The van der Waals surface area contributed by atoms with Crippen LogP contribution in [0.2, 0.25) is 0 Å². The van der Waals surface area contributed by atoms with Gasteiger partial charge in [0.2, 0.25) is 0 Å². The molecule has 0 amide bonds. The molecule has 0 heterocycles. The molecule has 0 saturated carbocycles. The molecule has 3 aromatic carbocycles. The van der Waals surface area contributed by atoms with Crippen molar-refractivity contribution in [2.24, 2.45) is 0 Å². The van der Waals surface area contributed by atoms with Gasteiger partial charge >= 0.3 is 0 Å². The van der Waals surface area contributed by atoms with Crippen LogP contribution in [0.25, 0.3) is 11.1 Å². The number of fused-ring (bicyclic) bond motifs is 3. The van der Waals surface area contributed by atoms with Crippen LogP contribution in [0.15, 0.2) is 60.7 Å². The molecule has 168 valence electrons. The lowest BCUT2D eigenvalue weighted by atomic mass is 10.0. The second-order valence-corrected chi connectivity index (χ2v) is 9.23. The number of para-hydroxylation sites is 1. The van der Waals surface area contributed by atoms with E-state index < -0.39 is 0 Å². The Labute approximate surface area is 194 Å². The van der Waals surface area contributed by atoms with Crippen molar-refractivity contribution >= 4 is 17.1 Å². The molecule has 1 N–H and O–H groups in total. The third-order valence-corrected chi connectivity index (χ3v) is 6.70. The fourth-order valence-electron chi connectivity index (χ4n) is 4.81. The van der Waals surface area contributed by atoms with Crippen molar-refractivity contribution < 1.29 is 0 Å². The number of nitrogens with zero attached hydrogens (tertiary/aromatic N) is 1. The van der Waals surface area contributed by atoms with E-state index in [2.05, 4.69) is 91.7 Å². The Morgan fingerprint density at radius 1 is 0.750 bits per heavy atom. The van der Waals surface area contributed by atoms with E-state index in [1.165, 1.54) is 90.8 Å². The molecule has 0 bridgehead atoms. The van der Waals surface area contributed by atoms with E-state index in [0.29, 0.717) is 0 Å². The summed E-state index contributed by atoms with van der Waals surface area (Å²) in [6.45, 7) is 9.13. The Kier molecular flexibility index (Phi) is 7.52. The van der Waals surface area contributed by atoms with Crippen LogP contribution in [0.4, 0.5) is 17.1 Å². The standard InChI is InChI=1S/C30H38N2/c1-4-6-11-17-32(18-12-7-5-2)27-16-15-24-20-25-21-30(31-26-13-9-8-10-14-26)23(3)19-28(25)29(24)22-27/h8-10,13-16,19,21-22,31H,4-7,11-12,17-18,20H2,1-3H3. The summed E-state index contributed by atoms with van der Waals surface area (Å²) in [6.07, 6.45) is 8.77. The summed E-state index contributed by atoms with van der Waals surface area (Å²) in [6, 6.07) is 22.4. The minimum atomic E-state index is 1.03. The SMILES string of the molecule is CCCCCN(CCCCC)c1ccc2c(c1)-c1cc(C)c(Nc3ccccc3)cc1C2. The first-order valence-corrected chi connectivity index (χ1v) is 12.5. The third kappa shape index (κ3) is 5.18. The number of benzene rings is 3. The van der Waals surface area contributed by atoms with Gasteiger partial charge in [-0.1, -0.05) is 63.8 Å². The Morgan fingerprint density at radius 3 is 2.12 bits per heavy atom. The van der Waals surface area contributed by atoms with Crippen LogP contribution >= 0.6 is 0 Å². The van der Waals surface area contributed by atoms with E-state index in [-0.39, 0.29) is 0 Å². The highest BCUT2D eigenvalue weighted by Crippen LogP contribution is 2.41. The third-order valence-electron chi connectivity index (χ3n) is 6.70. The number of anilines is 3. The fourth-order valence-corrected chi connectivity index (χ4v) is 4.81. The zero-order chi connectivity index (χ0) is 22.3. The van der Waals surface area contributed by atoms with Crippen molar-refractivity contribution in [1.29, 1.82) is 0 Å². The minimum absolute atomic E-state index is 1.03. The van der Waals surface area contributed by atoms with Gasteiger partial charge in [0.1, 0.15) is 0 Å². The predicted molar refractivity (Wildman–Crippen MR) is 140 cm³/mol. The topological polar surface area (TPSA) is 15.3 Å². The molecule has 3 aromatic rings. The first-order valence-electron chi connectivity index (χ1n) is 12.5. The summed E-state index contributed by atoms with van der Waals surface area (Å²) in [5.41, 5.74) is 10.8. The first-order chi connectivity index (χ1) is 15.7. The molecule has 1 aliphatic carbocycles. The number of unbranched alkanes of at least 4 members (excludes halogenated alkanes) is 4. The predicted octanol–water partition coefficient (Wildman–Crippen LogP) is 8.50. The van der Waals surface area contributed by atoms with Gasteiger partial charge in [-0.25, -0.2) is 0 Å². The molecule has 0 fully saturated rings. The second kappa shape index (κ2) is 10.7. The Morgan fingerprint density at radius 2 is 1.44 bits per heavy atom. The molecular weight excluding hydrogens is 388 g/mol. The smallest absolute Gasteiger partial charge is 0.0417 e. The highest BCUT2D eigenvalue weighted by Gasteiger charge is 2.21. The first kappa shape index (κ1) is 22.5. The van der Waals surface area contributed by atoms with Gasteiger partial charge in [-0.15, -0.1) is 0 Å². The van der Waals surface area contributed by atoms with Crippen molar-refractivity contribution in [2.45, 2.75) is 65.7 Å². The monoisotopic (exact) mass is 426 g/mol. The van der Waals surface area contributed by atoms with E-state index in [0.717, 1.165) is 12.1 Å². The minimum Gasteiger partial charge on any atom is -0.372 e. The van der Waals surface area contributed by atoms with E-state index >= 15 is 0 Å². The highest BCUT2D eigenvalue weighted by atomic mass is 15.1. The van der Waals surface area contributed by atoms with E-state index in [4.69, 9.17) is 0 Å². The zero-order valence-corrected chi connectivity index (χ0v) is 20.1. The average molecular weight is 427 g/mol. The Bertz CT molecular complexity index is 1010. The summed E-state index contributed by atoms with van der Waals surface area (Å²) in [4.78, 5) is 2.63. The van der Waals surface area contributed by atoms with Crippen molar-refractivity contribution in [2.75, 3.05) is 23.3 Å². The molecule has 2 heteroatoms. The van der Waals surface area contributed by atoms with Gasteiger partial charge in [0.25, 0.3) is 0 Å². The molecular formula is C30H38N2. The van der Waals surface area contributed by atoms with Crippen LogP contribution in [0.1, 0.15) is 69.1 Å². The van der Waals surface area contributed by atoms with Gasteiger partial charge in [-0.2, -0.15) is 0 Å². The van der Waals surface area contributed by atoms with Gasteiger partial charge in [0.15, 0.2) is 0 Å². The molecule has 0 radical (unpaired) electrons. The number of hydrogen-bond donors (Lipinski definition) is 1. The molecule has 1 aliphatic rings. The summed E-state index contributed by atoms with van der Waals surface area (Å²) in [7, 11) is 0. The lowest BCUT2D eigenvalue weighted by Gasteiger charge is -2.26. The van der Waals surface area contributed by atoms with Crippen LogP contribution in [0.3, 0.4) is 0 Å². The van der Waals surface area contributed by atoms with E-state index in [1.807, 2.05) is 0 Å². The number of nitrogens with one attached hydrogen (secondary N) is 1. The molecule has 0 aliphatic heterocycles. The molecule has 0 aromatic heterocycles. The maximum absolute atomic E-state index is 3.61. The lowest BCUT2D eigenvalue weighted by Crippen LogP contribution is -2.25. The van der Waals surface area contributed by atoms with Gasteiger partial charge in [0.05, 0.1) is 0 Å². The quantitative estimate of drug-likeness (QED) is 0.242. The number of aryl methyl sites for hydroxylation is 1. The largest absolute Gasteiger partial charge is 0.372 e. The van der Waals surface area contributed by atoms with Crippen molar-refractivity contribution in [3.05, 3.63) is 77.4 Å². The molecule has 0 atom stereocenters. The summed E-state index contributed by atoms with van der Waals surface area (Å²) >= 11 is 0. The highest BCUT2D eigenvalue weighted by molar-refractivity contribution is 5.83. The Hall–Kier alpha value is -2.74. The number of hydrogen-bond acceptors (Lipinski definition) is 2. The number of rotatable bonds is 11. The fraction of sp³-hybridized carbons (Fsp3) is 0.400. The van der Waals surface area contributed by atoms with Crippen molar-refractivity contribution in [3.63, 3.8) is 0 Å². The van der Waals surface area contributed by atoms with Crippen molar-refractivity contribution in [1.82, 2.24) is 0 Å². The summed E-state index contributed by atoms with van der Waals surface area (Å²) < 4.78 is 0. The van der Waals surface area contributed by atoms with Crippen LogP contribution in [0, 0.1) is 6.92 Å². The van der Waals surface area contributed by atoms with Gasteiger partial charge < -0.3 is 10.2 Å². The van der Waals surface area contributed by atoms with Crippen LogP contribution in [-0.4, -0.2) is 13.1 Å². The Balaban J connectivity index is 1.58. The van der Waals surface area contributed by atoms with Gasteiger partial charge in [0, 0.05) is 30.2 Å². The van der Waals surface area contributed by atoms with Gasteiger partial charge in [-0.05, 0) is 90.4 Å². The molecule has 4 rings (SSSR count). The van der Waals surface area contributed by atoms with Crippen LogP contribution < -0.4 is 10.2 Å². The summed E-state index contributed by atoms with van der Waals surface area (Å²) in [5, 5.41) is 3.61. The maximum Gasteiger partial charge on any atom is 0.0417 e. The summed E-state index contributed by atoms with van der Waals surface area (Å²) in [5.74, 6) is 0. The molecule has 0 spiro atoms. The molecule has 0 saturated heterocycles. The van der Waals surface area contributed by atoms with Gasteiger partial charge in [-0.3, -0.25) is 0 Å². The normalized spacial score (nSPS) is 11.8. The molecule has 0 unspecified atom stereocenters. The van der Waals surface area contributed by atoms with E-state index in [1.54, 1.807) is 0 Å². The molecule has 2 nitrogen and oxygen atoms in total. The average Bonchev–Trinajstić information content (AvgIpc) is 3.16. The maximum atomic E-state index is 3.61. The lowest BCUT2D eigenvalue weighted by molar-refractivity contribution is 0.636. The second-order valence-electron chi connectivity index (χ2n) is 9.23. The zero-order valence-electron chi connectivity index (χ0n) is 20.1. The van der Waals surface area contributed by atoms with E-state index in [9.17, 15) is 0 Å². The van der Waals surface area contributed by atoms with Crippen LogP contribution in [0.5, 0.6) is 0 Å².